The predicted octanol–water partition coefficient (Wildman–Crippen LogP) is 4.42. The highest BCUT2D eigenvalue weighted by Gasteiger charge is 2.10. The van der Waals surface area contributed by atoms with Crippen molar-refractivity contribution in [2.24, 2.45) is 0 Å². The fraction of sp³-hybridized carbons (Fsp3) is 0.0500. The van der Waals surface area contributed by atoms with Gasteiger partial charge >= 0.3 is 0 Å². The van der Waals surface area contributed by atoms with Crippen molar-refractivity contribution in [1.82, 2.24) is 15.0 Å². The highest BCUT2D eigenvalue weighted by molar-refractivity contribution is 5.83. The molecular formula is C20H14FN3. The molecule has 0 aliphatic heterocycles. The molecule has 4 aromatic rings. The Hall–Kier alpha value is -3.14. The molecule has 3 nitrogen and oxygen atoms in total. The molecule has 0 saturated carbocycles. The Kier molecular flexibility index (Phi) is 3.71. The number of para-hydroxylation sites is 1. The van der Waals surface area contributed by atoms with E-state index < -0.39 is 0 Å². The predicted molar refractivity (Wildman–Crippen MR) is 92.0 cm³/mol. The van der Waals surface area contributed by atoms with Crippen molar-refractivity contribution in [3.63, 3.8) is 0 Å². The van der Waals surface area contributed by atoms with Gasteiger partial charge in [-0.2, -0.15) is 0 Å². The van der Waals surface area contributed by atoms with Crippen LogP contribution in [0.5, 0.6) is 0 Å². The summed E-state index contributed by atoms with van der Waals surface area (Å²) in [6.45, 7) is 0. The van der Waals surface area contributed by atoms with Crippen LogP contribution < -0.4 is 0 Å². The summed E-state index contributed by atoms with van der Waals surface area (Å²) < 4.78 is 13.5. The fourth-order valence-electron chi connectivity index (χ4n) is 2.75. The van der Waals surface area contributed by atoms with Gasteiger partial charge in [0.05, 0.1) is 11.2 Å². The Morgan fingerprint density at radius 3 is 2.50 bits per heavy atom. The van der Waals surface area contributed by atoms with Crippen LogP contribution in [-0.2, 0) is 6.42 Å². The number of halogens is 1. The third-order valence-electron chi connectivity index (χ3n) is 3.88. The van der Waals surface area contributed by atoms with E-state index >= 15 is 0 Å². The summed E-state index contributed by atoms with van der Waals surface area (Å²) in [4.78, 5) is 13.4. The van der Waals surface area contributed by atoms with Crippen molar-refractivity contribution in [2.75, 3.05) is 0 Å². The van der Waals surface area contributed by atoms with Gasteiger partial charge in [-0.1, -0.05) is 30.3 Å². The fourth-order valence-corrected chi connectivity index (χ4v) is 2.75. The molecule has 0 spiro atoms. The van der Waals surface area contributed by atoms with Crippen molar-refractivity contribution < 1.29 is 4.39 Å². The highest BCUT2D eigenvalue weighted by Crippen LogP contribution is 2.23. The van der Waals surface area contributed by atoms with E-state index in [-0.39, 0.29) is 5.82 Å². The zero-order valence-electron chi connectivity index (χ0n) is 12.9. The molecule has 2 aromatic heterocycles. The molecule has 0 saturated heterocycles. The first-order valence-electron chi connectivity index (χ1n) is 7.70. The molecule has 0 aliphatic carbocycles. The zero-order chi connectivity index (χ0) is 16.4. The van der Waals surface area contributed by atoms with E-state index in [9.17, 15) is 4.39 Å². The summed E-state index contributed by atoms with van der Waals surface area (Å²) in [5.74, 6) is 0.419. The summed E-state index contributed by atoms with van der Waals surface area (Å²) in [5, 5.41) is 0.986. The quantitative estimate of drug-likeness (QED) is 0.561. The van der Waals surface area contributed by atoms with Gasteiger partial charge < -0.3 is 0 Å². The molecule has 2 aromatic carbocycles. The van der Waals surface area contributed by atoms with Crippen LogP contribution in [-0.4, -0.2) is 15.0 Å². The van der Waals surface area contributed by atoms with Gasteiger partial charge in [0.15, 0.2) is 5.82 Å². The number of fused-ring (bicyclic) bond motifs is 1. The van der Waals surface area contributed by atoms with E-state index in [4.69, 9.17) is 4.98 Å². The lowest BCUT2D eigenvalue weighted by Crippen LogP contribution is -1.99. The lowest BCUT2D eigenvalue weighted by molar-refractivity contribution is 0.626. The first-order chi connectivity index (χ1) is 11.8. The second-order valence-corrected chi connectivity index (χ2v) is 5.55. The molecule has 0 radical (unpaired) electrons. The number of nitrogens with zero attached hydrogens (tertiary/aromatic N) is 3. The van der Waals surface area contributed by atoms with Gasteiger partial charge in [-0.3, -0.25) is 4.98 Å². The molecule has 4 rings (SSSR count). The van der Waals surface area contributed by atoms with E-state index in [2.05, 4.69) is 9.97 Å². The largest absolute Gasteiger partial charge is 0.265 e. The van der Waals surface area contributed by atoms with Gasteiger partial charge in [-0.05, 0) is 35.9 Å². The molecule has 0 fully saturated rings. The van der Waals surface area contributed by atoms with Gasteiger partial charge in [0, 0.05) is 29.8 Å². The monoisotopic (exact) mass is 315 g/mol. The first kappa shape index (κ1) is 14.5. The Morgan fingerprint density at radius 2 is 1.67 bits per heavy atom. The van der Waals surface area contributed by atoms with Crippen molar-refractivity contribution in [2.45, 2.75) is 6.42 Å². The van der Waals surface area contributed by atoms with Crippen LogP contribution in [0.15, 0.2) is 73.1 Å². The number of hydrogen-bond acceptors (Lipinski definition) is 3. The van der Waals surface area contributed by atoms with Crippen LogP contribution >= 0.6 is 0 Å². The molecule has 116 valence electrons. The normalized spacial score (nSPS) is 10.9. The summed E-state index contributed by atoms with van der Waals surface area (Å²) >= 11 is 0. The minimum atomic E-state index is -0.236. The highest BCUT2D eigenvalue weighted by atomic mass is 19.1. The number of pyridine rings is 1. The van der Waals surface area contributed by atoms with Crippen molar-refractivity contribution in [3.8, 4) is 11.4 Å². The van der Waals surface area contributed by atoms with E-state index in [0.717, 1.165) is 27.7 Å². The second-order valence-electron chi connectivity index (χ2n) is 5.55. The maximum Gasteiger partial charge on any atom is 0.160 e. The molecule has 0 amide bonds. The van der Waals surface area contributed by atoms with Crippen LogP contribution in [0.3, 0.4) is 0 Å². The Bertz CT molecular complexity index is 1000. The molecule has 4 heteroatoms. The van der Waals surface area contributed by atoms with Gasteiger partial charge in [0.25, 0.3) is 0 Å². The molecule has 0 atom stereocenters. The number of hydrogen-bond donors (Lipinski definition) is 0. The zero-order valence-corrected chi connectivity index (χ0v) is 12.9. The van der Waals surface area contributed by atoms with Crippen molar-refractivity contribution in [3.05, 3.63) is 90.1 Å². The number of rotatable bonds is 3. The van der Waals surface area contributed by atoms with E-state index in [1.165, 1.54) is 6.07 Å². The lowest BCUT2D eigenvalue weighted by Gasteiger charge is -2.09. The smallest absolute Gasteiger partial charge is 0.160 e. The number of benzene rings is 2. The summed E-state index contributed by atoms with van der Waals surface area (Å²) in [6.07, 6.45) is 4.00. The van der Waals surface area contributed by atoms with Crippen LogP contribution in [0, 0.1) is 5.82 Å². The molecular weight excluding hydrogens is 301 g/mol. The van der Waals surface area contributed by atoms with Crippen LogP contribution in [0.2, 0.25) is 0 Å². The van der Waals surface area contributed by atoms with Crippen molar-refractivity contribution in [1.29, 1.82) is 0 Å². The standard InChI is InChI=1S/C20H14FN3/c21-16-5-3-4-14(12-16)13-19-17-6-1-2-7-18(17)23-20(24-19)15-8-10-22-11-9-15/h1-12H,13H2. The Labute approximate surface area is 138 Å². The first-order valence-corrected chi connectivity index (χ1v) is 7.70. The molecule has 0 aliphatic rings. The van der Waals surface area contributed by atoms with Crippen LogP contribution in [0.25, 0.3) is 22.3 Å². The lowest BCUT2D eigenvalue weighted by atomic mass is 10.0. The maximum absolute atomic E-state index is 13.5. The Balaban J connectivity index is 1.86. The minimum absolute atomic E-state index is 0.236. The maximum atomic E-state index is 13.5. The topological polar surface area (TPSA) is 38.7 Å². The summed E-state index contributed by atoms with van der Waals surface area (Å²) in [5.41, 5.74) is 3.57. The third-order valence-corrected chi connectivity index (χ3v) is 3.88. The van der Waals surface area contributed by atoms with Gasteiger partial charge in [0.1, 0.15) is 5.82 Å². The number of aromatic nitrogens is 3. The minimum Gasteiger partial charge on any atom is -0.265 e. The molecule has 2 heterocycles. The third kappa shape index (κ3) is 2.86. The molecule has 0 bridgehead atoms. The van der Waals surface area contributed by atoms with E-state index in [0.29, 0.717) is 12.2 Å². The van der Waals surface area contributed by atoms with Crippen molar-refractivity contribution >= 4 is 10.9 Å². The van der Waals surface area contributed by atoms with E-state index in [1.54, 1.807) is 24.5 Å². The molecule has 0 N–H and O–H groups in total. The Morgan fingerprint density at radius 1 is 0.833 bits per heavy atom. The van der Waals surface area contributed by atoms with Gasteiger partial charge in [-0.25, -0.2) is 14.4 Å². The average molecular weight is 315 g/mol. The molecule has 0 unspecified atom stereocenters. The average Bonchev–Trinajstić information content (AvgIpc) is 2.62. The second kappa shape index (κ2) is 6.16. The van der Waals surface area contributed by atoms with Gasteiger partial charge in [0.2, 0.25) is 0 Å². The SMILES string of the molecule is Fc1cccc(Cc2nc(-c3ccncc3)nc3ccccc23)c1. The molecule has 24 heavy (non-hydrogen) atoms. The summed E-state index contributed by atoms with van der Waals surface area (Å²) in [6, 6.07) is 18.3. The van der Waals surface area contributed by atoms with Crippen LogP contribution in [0.4, 0.5) is 4.39 Å². The van der Waals surface area contributed by atoms with Crippen LogP contribution in [0.1, 0.15) is 11.3 Å². The summed E-state index contributed by atoms with van der Waals surface area (Å²) in [7, 11) is 0. The van der Waals surface area contributed by atoms with Gasteiger partial charge in [-0.15, -0.1) is 0 Å². The van der Waals surface area contributed by atoms with E-state index in [1.807, 2.05) is 42.5 Å².